The summed E-state index contributed by atoms with van der Waals surface area (Å²) in [6.07, 6.45) is 0. The van der Waals surface area contributed by atoms with Gasteiger partial charge in [0.15, 0.2) is 5.82 Å². The Morgan fingerprint density at radius 2 is 1.73 bits per heavy atom. The standard InChI is InChI=1S/C26H30N8O3/c1-17-5-6-18-16-21(25(35)27-22(18)15-17)23(24-28-29-30-33(24)26(2,3)4)32-13-11-31(12-14-32)19-7-9-20(10-8-19)34(36)37/h5-10,15-16,23H,11-14H2,1-4H3,(H,27,35). The number of nitro groups is 1. The van der Waals surface area contributed by atoms with Gasteiger partial charge in [-0.1, -0.05) is 12.1 Å². The number of nitro benzene ring substituents is 1. The molecule has 0 aliphatic carbocycles. The number of nitrogens with zero attached hydrogens (tertiary/aromatic N) is 7. The van der Waals surface area contributed by atoms with Crippen molar-refractivity contribution in [3.63, 3.8) is 0 Å². The summed E-state index contributed by atoms with van der Waals surface area (Å²) in [5.74, 6) is 0.619. The minimum absolute atomic E-state index is 0.0715. The van der Waals surface area contributed by atoms with Crippen LogP contribution in [0.1, 0.15) is 43.8 Å². The highest BCUT2D eigenvalue weighted by Crippen LogP contribution is 2.31. The number of piperazine rings is 1. The Balaban J connectivity index is 1.51. The quantitative estimate of drug-likeness (QED) is 0.325. The van der Waals surface area contributed by atoms with Gasteiger partial charge < -0.3 is 9.88 Å². The molecule has 0 radical (unpaired) electrons. The fourth-order valence-electron chi connectivity index (χ4n) is 4.90. The first kappa shape index (κ1) is 24.6. The number of non-ortho nitro benzene ring substituents is 1. The van der Waals surface area contributed by atoms with Crippen LogP contribution in [0.25, 0.3) is 10.9 Å². The van der Waals surface area contributed by atoms with Gasteiger partial charge in [-0.3, -0.25) is 19.8 Å². The lowest BCUT2D eigenvalue weighted by atomic mass is 10.0. The van der Waals surface area contributed by atoms with Crippen LogP contribution in [0.4, 0.5) is 11.4 Å². The molecule has 1 aliphatic heterocycles. The zero-order valence-corrected chi connectivity index (χ0v) is 21.4. The minimum Gasteiger partial charge on any atom is -0.369 e. The SMILES string of the molecule is Cc1ccc2cc(C(c3nnnn3C(C)(C)C)N3CCN(c4ccc([N+](=O)[O-])cc4)CC3)c(=O)[nH]c2c1. The number of hydrogen-bond acceptors (Lipinski definition) is 8. The van der Waals surface area contributed by atoms with Gasteiger partial charge in [-0.05, 0) is 73.3 Å². The Morgan fingerprint density at radius 3 is 2.38 bits per heavy atom. The van der Waals surface area contributed by atoms with Gasteiger partial charge in [0.1, 0.15) is 6.04 Å². The van der Waals surface area contributed by atoms with E-state index in [0.29, 0.717) is 37.6 Å². The highest BCUT2D eigenvalue weighted by atomic mass is 16.6. The molecule has 2 aromatic heterocycles. The van der Waals surface area contributed by atoms with Crippen molar-refractivity contribution in [1.29, 1.82) is 0 Å². The number of rotatable bonds is 5. The molecule has 1 fully saturated rings. The van der Waals surface area contributed by atoms with E-state index in [1.54, 1.807) is 16.8 Å². The van der Waals surface area contributed by atoms with E-state index >= 15 is 0 Å². The van der Waals surface area contributed by atoms with E-state index in [-0.39, 0.29) is 16.8 Å². The number of tetrazole rings is 1. The Hall–Kier alpha value is -4.12. The van der Waals surface area contributed by atoms with Crippen LogP contribution in [0.5, 0.6) is 0 Å². The zero-order valence-electron chi connectivity index (χ0n) is 21.4. The number of nitrogens with one attached hydrogen (secondary N) is 1. The first-order valence-corrected chi connectivity index (χ1v) is 12.3. The molecule has 2 aromatic carbocycles. The maximum Gasteiger partial charge on any atom is 0.269 e. The van der Waals surface area contributed by atoms with Gasteiger partial charge in [0.2, 0.25) is 0 Å². The molecule has 11 nitrogen and oxygen atoms in total. The predicted molar refractivity (Wildman–Crippen MR) is 141 cm³/mol. The second-order valence-corrected chi connectivity index (χ2v) is 10.5. The molecular formula is C26H30N8O3. The lowest BCUT2D eigenvalue weighted by molar-refractivity contribution is -0.384. The normalized spacial score (nSPS) is 15.7. The Bertz CT molecular complexity index is 1500. The first-order chi connectivity index (χ1) is 17.6. The van der Waals surface area contributed by atoms with Crippen molar-refractivity contribution in [2.45, 2.75) is 39.3 Å². The fraction of sp³-hybridized carbons (Fsp3) is 0.385. The number of aromatic amines is 1. The van der Waals surface area contributed by atoms with E-state index in [1.807, 2.05) is 52.0 Å². The van der Waals surface area contributed by atoms with Gasteiger partial charge in [0.05, 0.1) is 10.5 Å². The van der Waals surface area contributed by atoms with E-state index in [4.69, 9.17) is 0 Å². The van der Waals surface area contributed by atoms with E-state index in [0.717, 1.165) is 22.2 Å². The van der Waals surface area contributed by atoms with Crippen LogP contribution in [0.3, 0.4) is 0 Å². The topological polar surface area (TPSA) is 126 Å². The molecule has 4 aromatic rings. The molecule has 3 heterocycles. The van der Waals surface area contributed by atoms with Gasteiger partial charge >= 0.3 is 0 Å². The molecule has 1 unspecified atom stereocenters. The average Bonchev–Trinajstić information content (AvgIpc) is 3.35. The van der Waals surface area contributed by atoms with E-state index in [1.165, 1.54) is 12.1 Å². The number of pyridine rings is 1. The predicted octanol–water partition coefficient (Wildman–Crippen LogP) is 3.40. The third-order valence-corrected chi connectivity index (χ3v) is 6.80. The maximum absolute atomic E-state index is 13.4. The number of hydrogen-bond donors (Lipinski definition) is 1. The molecule has 37 heavy (non-hydrogen) atoms. The second-order valence-electron chi connectivity index (χ2n) is 10.5. The highest BCUT2D eigenvalue weighted by Gasteiger charge is 2.35. The zero-order chi connectivity index (χ0) is 26.3. The van der Waals surface area contributed by atoms with Gasteiger partial charge in [0.25, 0.3) is 11.2 Å². The molecule has 0 amide bonds. The van der Waals surface area contributed by atoms with Crippen molar-refractivity contribution in [2.24, 2.45) is 0 Å². The molecule has 5 rings (SSSR count). The summed E-state index contributed by atoms with van der Waals surface area (Å²) in [6, 6.07) is 14.1. The highest BCUT2D eigenvalue weighted by molar-refractivity contribution is 5.79. The Morgan fingerprint density at radius 1 is 1.03 bits per heavy atom. The Labute approximate surface area is 213 Å². The summed E-state index contributed by atoms with van der Waals surface area (Å²) < 4.78 is 1.79. The summed E-state index contributed by atoms with van der Waals surface area (Å²) in [5, 5.41) is 24.6. The fourth-order valence-corrected chi connectivity index (χ4v) is 4.90. The van der Waals surface area contributed by atoms with Gasteiger partial charge in [-0.15, -0.1) is 5.10 Å². The lowest BCUT2D eigenvalue weighted by Gasteiger charge is -2.40. The number of benzene rings is 2. The lowest BCUT2D eigenvalue weighted by Crippen LogP contribution is -2.49. The van der Waals surface area contributed by atoms with Crippen molar-refractivity contribution in [1.82, 2.24) is 30.1 Å². The maximum atomic E-state index is 13.4. The third-order valence-electron chi connectivity index (χ3n) is 6.80. The largest absolute Gasteiger partial charge is 0.369 e. The second kappa shape index (κ2) is 9.40. The number of aromatic nitrogens is 5. The van der Waals surface area contributed by atoms with Crippen molar-refractivity contribution < 1.29 is 4.92 Å². The van der Waals surface area contributed by atoms with Crippen LogP contribution < -0.4 is 10.5 Å². The number of fused-ring (bicyclic) bond motifs is 1. The molecule has 1 saturated heterocycles. The minimum atomic E-state index is -0.442. The van der Waals surface area contributed by atoms with Crippen LogP contribution in [0.15, 0.2) is 53.3 Å². The summed E-state index contributed by atoms with van der Waals surface area (Å²) in [4.78, 5) is 31.5. The molecule has 0 bridgehead atoms. The van der Waals surface area contributed by atoms with Crippen LogP contribution >= 0.6 is 0 Å². The van der Waals surface area contributed by atoms with Gasteiger partial charge in [-0.25, -0.2) is 4.68 Å². The first-order valence-electron chi connectivity index (χ1n) is 12.3. The van der Waals surface area contributed by atoms with Crippen molar-refractivity contribution in [3.05, 3.63) is 86.0 Å². The summed E-state index contributed by atoms with van der Waals surface area (Å²) in [7, 11) is 0. The summed E-state index contributed by atoms with van der Waals surface area (Å²) in [6.45, 7) is 10.8. The molecule has 1 N–H and O–H groups in total. The number of aryl methyl sites for hydroxylation is 1. The number of H-pyrrole nitrogens is 1. The van der Waals surface area contributed by atoms with E-state index in [2.05, 4.69) is 30.3 Å². The molecular weight excluding hydrogens is 472 g/mol. The smallest absolute Gasteiger partial charge is 0.269 e. The molecule has 0 spiro atoms. The van der Waals surface area contributed by atoms with Gasteiger partial charge in [0, 0.05) is 55.1 Å². The van der Waals surface area contributed by atoms with Crippen molar-refractivity contribution in [2.75, 3.05) is 31.1 Å². The van der Waals surface area contributed by atoms with Crippen molar-refractivity contribution in [3.8, 4) is 0 Å². The van der Waals surface area contributed by atoms with Crippen LogP contribution in [0.2, 0.25) is 0 Å². The molecule has 1 atom stereocenters. The third kappa shape index (κ3) is 4.82. The molecule has 192 valence electrons. The monoisotopic (exact) mass is 502 g/mol. The molecule has 11 heteroatoms. The average molecular weight is 503 g/mol. The van der Waals surface area contributed by atoms with Crippen LogP contribution in [0, 0.1) is 17.0 Å². The Kier molecular flexibility index (Phi) is 6.24. The summed E-state index contributed by atoms with van der Waals surface area (Å²) in [5.41, 5.74) is 2.93. The van der Waals surface area contributed by atoms with Gasteiger partial charge in [-0.2, -0.15) is 0 Å². The van der Waals surface area contributed by atoms with Crippen LogP contribution in [-0.2, 0) is 5.54 Å². The number of anilines is 1. The molecule has 0 saturated carbocycles. The molecule has 1 aliphatic rings. The van der Waals surface area contributed by atoms with Crippen molar-refractivity contribution >= 4 is 22.3 Å². The van der Waals surface area contributed by atoms with Crippen LogP contribution in [-0.4, -0.2) is 61.2 Å². The van der Waals surface area contributed by atoms with E-state index in [9.17, 15) is 14.9 Å². The summed E-state index contributed by atoms with van der Waals surface area (Å²) >= 11 is 0. The van der Waals surface area contributed by atoms with E-state index < -0.39 is 11.0 Å².